The van der Waals surface area contributed by atoms with Crippen LogP contribution >= 0.6 is 0 Å². The molecule has 6 nitrogen and oxygen atoms in total. The summed E-state index contributed by atoms with van der Waals surface area (Å²) in [4.78, 5) is 13.0. The molecule has 1 unspecified atom stereocenters. The van der Waals surface area contributed by atoms with E-state index < -0.39 is 10.0 Å². The van der Waals surface area contributed by atoms with Gasteiger partial charge in [-0.05, 0) is 69.4 Å². The Kier molecular flexibility index (Phi) is 6.95. The Morgan fingerprint density at radius 1 is 1.13 bits per heavy atom. The summed E-state index contributed by atoms with van der Waals surface area (Å²) in [5, 5.41) is 2.87. The summed E-state index contributed by atoms with van der Waals surface area (Å²) in [7, 11) is -3.85. The highest BCUT2D eigenvalue weighted by Crippen LogP contribution is 2.24. The van der Waals surface area contributed by atoms with Crippen molar-refractivity contribution in [3.8, 4) is 0 Å². The van der Waals surface area contributed by atoms with Gasteiger partial charge in [0.1, 0.15) is 0 Å². The topological polar surface area (TPSA) is 75.7 Å². The molecule has 1 fully saturated rings. The van der Waals surface area contributed by atoms with Gasteiger partial charge in [-0.25, -0.2) is 8.42 Å². The number of nitrogens with zero attached hydrogens (tertiary/aromatic N) is 1. The van der Waals surface area contributed by atoms with Crippen molar-refractivity contribution in [1.82, 2.24) is 4.31 Å². The molecule has 162 valence electrons. The van der Waals surface area contributed by atoms with Crippen molar-refractivity contribution in [2.24, 2.45) is 0 Å². The number of amides is 1. The van der Waals surface area contributed by atoms with E-state index in [1.807, 2.05) is 45.0 Å². The molecule has 3 rings (SSSR count). The van der Waals surface area contributed by atoms with Crippen molar-refractivity contribution in [1.29, 1.82) is 0 Å². The molecule has 30 heavy (non-hydrogen) atoms. The van der Waals surface area contributed by atoms with Crippen molar-refractivity contribution in [3.63, 3.8) is 0 Å². The zero-order valence-electron chi connectivity index (χ0n) is 18.1. The highest BCUT2D eigenvalue weighted by atomic mass is 32.2. The highest BCUT2D eigenvalue weighted by molar-refractivity contribution is 7.89. The molecule has 0 aliphatic carbocycles. The van der Waals surface area contributed by atoms with Crippen LogP contribution in [0.1, 0.15) is 35.1 Å². The molecule has 1 N–H and O–H groups in total. The molecule has 1 heterocycles. The molecule has 0 spiro atoms. The SMILES string of the molecule is Cc1ccc(S(=O)(=O)N(CC(=O)Nc2cccc(C)c2C)CC2CCCO2)c(C)c1. The van der Waals surface area contributed by atoms with Gasteiger partial charge in [-0.3, -0.25) is 4.79 Å². The fourth-order valence-electron chi connectivity index (χ4n) is 3.73. The Morgan fingerprint density at radius 2 is 1.90 bits per heavy atom. The summed E-state index contributed by atoms with van der Waals surface area (Å²) in [6.45, 7) is 8.13. The first-order valence-corrected chi connectivity index (χ1v) is 11.7. The van der Waals surface area contributed by atoms with Crippen molar-refractivity contribution in [2.75, 3.05) is 25.0 Å². The van der Waals surface area contributed by atoms with Gasteiger partial charge in [-0.1, -0.05) is 29.8 Å². The molecule has 0 saturated carbocycles. The van der Waals surface area contributed by atoms with E-state index in [2.05, 4.69) is 5.32 Å². The molecule has 2 aromatic carbocycles. The Bertz CT molecular complexity index is 1030. The molecule has 0 radical (unpaired) electrons. The number of ether oxygens (including phenoxy) is 1. The second-order valence-electron chi connectivity index (χ2n) is 8.00. The van der Waals surface area contributed by atoms with Gasteiger partial charge in [0, 0.05) is 18.8 Å². The van der Waals surface area contributed by atoms with Crippen molar-refractivity contribution in [2.45, 2.75) is 51.5 Å². The lowest BCUT2D eigenvalue weighted by Crippen LogP contribution is -2.42. The van der Waals surface area contributed by atoms with E-state index in [1.165, 1.54) is 4.31 Å². The number of benzene rings is 2. The number of sulfonamides is 1. The van der Waals surface area contributed by atoms with Crippen LogP contribution in [0.3, 0.4) is 0 Å². The van der Waals surface area contributed by atoms with Crippen LogP contribution in [0, 0.1) is 27.7 Å². The number of hydrogen-bond donors (Lipinski definition) is 1. The summed E-state index contributed by atoms with van der Waals surface area (Å²) < 4.78 is 33.8. The average molecular weight is 431 g/mol. The number of anilines is 1. The fourth-order valence-corrected chi connectivity index (χ4v) is 5.36. The Labute approximate surface area is 179 Å². The van der Waals surface area contributed by atoms with Crippen molar-refractivity contribution in [3.05, 3.63) is 58.7 Å². The highest BCUT2D eigenvalue weighted by Gasteiger charge is 2.31. The summed E-state index contributed by atoms with van der Waals surface area (Å²) in [6.07, 6.45) is 1.49. The third-order valence-corrected chi connectivity index (χ3v) is 7.55. The van der Waals surface area contributed by atoms with E-state index in [4.69, 9.17) is 4.74 Å². The normalized spacial score (nSPS) is 16.8. The number of carbonyl (C=O) groups is 1. The predicted molar refractivity (Wildman–Crippen MR) is 118 cm³/mol. The molecule has 1 atom stereocenters. The first kappa shape index (κ1) is 22.5. The van der Waals surface area contributed by atoms with Gasteiger partial charge in [-0.15, -0.1) is 0 Å². The largest absolute Gasteiger partial charge is 0.377 e. The standard InChI is InChI=1S/C23H30N2O4S/c1-16-10-11-22(18(3)13-16)30(27,28)25(14-20-8-6-12-29-20)15-23(26)24-21-9-5-7-17(2)19(21)4/h5,7,9-11,13,20H,6,8,12,14-15H2,1-4H3,(H,24,26). The zero-order chi connectivity index (χ0) is 21.9. The van der Waals surface area contributed by atoms with E-state index >= 15 is 0 Å². The molecule has 1 aliphatic heterocycles. The van der Waals surface area contributed by atoms with Gasteiger partial charge in [0.15, 0.2) is 0 Å². The molecule has 0 aromatic heterocycles. The van der Waals surface area contributed by atoms with E-state index in [0.717, 1.165) is 29.5 Å². The maximum Gasteiger partial charge on any atom is 0.243 e. The van der Waals surface area contributed by atoms with E-state index in [-0.39, 0.29) is 30.0 Å². The maximum atomic E-state index is 13.5. The Morgan fingerprint density at radius 3 is 2.57 bits per heavy atom. The predicted octanol–water partition coefficient (Wildman–Crippen LogP) is 3.73. The van der Waals surface area contributed by atoms with E-state index in [9.17, 15) is 13.2 Å². The Hall–Kier alpha value is -2.22. The minimum absolute atomic E-state index is 0.163. The molecule has 1 aliphatic rings. The summed E-state index contributed by atoms with van der Waals surface area (Å²) >= 11 is 0. The number of aryl methyl sites for hydroxylation is 3. The van der Waals surface area contributed by atoms with Crippen LogP contribution in [0.15, 0.2) is 41.3 Å². The quantitative estimate of drug-likeness (QED) is 0.726. The average Bonchev–Trinajstić information content (AvgIpc) is 3.18. The van der Waals surface area contributed by atoms with Crippen molar-refractivity contribution < 1.29 is 17.9 Å². The number of carbonyl (C=O) groups excluding carboxylic acids is 1. The fraction of sp³-hybridized carbons (Fsp3) is 0.435. The minimum Gasteiger partial charge on any atom is -0.377 e. The van der Waals surface area contributed by atoms with E-state index in [0.29, 0.717) is 17.9 Å². The van der Waals surface area contributed by atoms with Crippen LogP contribution in [0.25, 0.3) is 0 Å². The molecular weight excluding hydrogens is 400 g/mol. The van der Waals surface area contributed by atoms with Gasteiger partial charge < -0.3 is 10.1 Å². The number of nitrogens with one attached hydrogen (secondary N) is 1. The number of hydrogen-bond acceptors (Lipinski definition) is 4. The van der Waals surface area contributed by atoms with Gasteiger partial charge in [-0.2, -0.15) is 4.31 Å². The minimum atomic E-state index is -3.85. The molecule has 1 saturated heterocycles. The smallest absolute Gasteiger partial charge is 0.243 e. The summed E-state index contributed by atoms with van der Waals surface area (Å²) in [5.74, 6) is -0.366. The third-order valence-electron chi connectivity index (χ3n) is 5.58. The van der Waals surface area contributed by atoms with Crippen LogP contribution in [-0.2, 0) is 19.6 Å². The second-order valence-corrected chi connectivity index (χ2v) is 9.90. The lowest BCUT2D eigenvalue weighted by atomic mass is 10.1. The maximum absolute atomic E-state index is 13.5. The lowest BCUT2D eigenvalue weighted by Gasteiger charge is -2.25. The Balaban J connectivity index is 1.86. The summed E-state index contributed by atoms with van der Waals surface area (Å²) in [6, 6.07) is 10.9. The van der Waals surface area contributed by atoms with E-state index in [1.54, 1.807) is 19.1 Å². The number of rotatable bonds is 7. The monoisotopic (exact) mass is 430 g/mol. The van der Waals surface area contributed by atoms with Crippen LogP contribution in [0.2, 0.25) is 0 Å². The van der Waals surface area contributed by atoms with Crippen LogP contribution in [0.4, 0.5) is 5.69 Å². The molecule has 1 amide bonds. The first-order chi connectivity index (χ1) is 14.2. The molecule has 0 bridgehead atoms. The molecular formula is C23H30N2O4S. The van der Waals surface area contributed by atoms with Crippen LogP contribution in [0.5, 0.6) is 0 Å². The van der Waals surface area contributed by atoms with Gasteiger partial charge in [0.2, 0.25) is 15.9 Å². The van der Waals surface area contributed by atoms with Crippen LogP contribution < -0.4 is 5.32 Å². The van der Waals surface area contributed by atoms with Crippen molar-refractivity contribution >= 4 is 21.6 Å². The first-order valence-electron chi connectivity index (χ1n) is 10.2. The molecule has 2 aromatic rings. The second kappa shape index (κ2) is 9.29. The van der Waals surface area contributed by atoms with Gasteiger partial charge in [0.25, 0.3) is 0 Å². The lowest BCUT2D eigenvalue weighted by molar-refractivity contribution is -0.116. The molecule has 7 heteroatoms. The third kappa shape index (κ3) is 5.09. The zero-order valence-corrected chi connectivity index (χ0v) is 18.9. The van der Waals surface area contributed by atoms with Gasteiger partial charge in [0.05, 0.1) is 17.5 Å². The summed E-state index contributed by atoms with van der Waals surface area (Å²) in [5.41, 5.74) is 4.38. The van der Waals surface area contributed by atoms with Gasteiger partial charge >= 0.3 is 0 Å². The van der Waals surface area contributed by atoms with Crippen LogP contribution in [-0.4, -0.2) is 44.4 Å².